The van der Waals surface area contributed by atoms with Crippen molar-refractivity contribution in [3.05, 3.63) is 23.2 Å². The first-order valence-corrected chi connectivity index (χ1v) is 11.9. The Balaban J connectivity index is 2.02. The molecule has 1 N–H and O–H groups in total. The van der Waals surface area contributed by atoms with Gasteiger partial charge in [0.05, 0.1) is 18.6 Å². The van der Waals surface area contributed by atoms with Crippen molar-refractivity contribution in [3.8, 4) is 5.75 Å². The lowest BCUT2D eigenvalue weighted by Gasteiger charge is -2.31. The molecule has 1 amide bonds. The van der Waals surface area contributed by atoms with Gasteiger partial charge in [-0.15, -0.1) is 0 Å². The summed E-state index contributed by atoms with van der Waals surface area (Å²) in [5, 5.41) is 3.21. The number of piperidine rings is 1. The van der Waals surface area contributed by atoms with Crippen molar-refractivity contribution < 1.29 is 22.7 Å². The van der Waals surface area contributed by atoms with Crippen LogP contribution in [-0.4, -0.2) is 57.6 Å². The van der Waals surface area contributed by atoms with Gasteiger partial charge in [-0.2, -0.15) is 4.31 Å². The Labute approximate surface area is 178 Å². The average molecular weight is 447 g/mol. The van der Waals surface area contributed by atoms with Gasteiger partial charge in [0, 0.05) is 31.3 Å². The van der Waals surface area contributed by atoms with Crippen molar-refractivity contribution in [1.82, 2.24) is 9.62 Å². The van der Waals surface area contributed by atoms with Crippen molar-refractivity contribution >= 4 is 27.5 Å². The molecule has 2 rings (SSSR count). The number of nitrogens with zero attached hydrogens (tertiary/aromatic N) is 1. The molecule has 9 heteroatoms. The van der Waals surface area contributed by atoms with Crippen LogP contribution in [0.2, 0.25) is 5.02 Å². The largest absolute Gasteiger partial charge is 0.492 e. The lowest BCUT2D eigenvalue weighted by molar-refractivity contribution is -0.126. The van der Waals surface area contributed by atoms with E-state index in [1.54, 1.807) is 19.1 Å². The number of hydrogen-bond donors (Lipinski definition) is 1. The number of ether oxygens (including phenoxy) is 2. The number of benzene rings is 1. The molecular weight excluding hydrogens is 416 g/mol. The summed E-state index contributed by atoms with van der Waals surface area (Å²) in [7, 11) is -3.82. The average Bonchev–Trinajstić information content (AvgIpc) is 2.69. The molecule has 29 heavy (non-hydrogen) atoms. The summed E-state index contributed by atoms with van der Waals surface area (Å²) in [6.07, 6.45) is 2.17. The monoisotopic (exact) mass is 446 g/mol. The second-order valence-electron chi connectivity index (χ2n) is 7.29. The maximum absolute atomic E-state index is 13.2. The van der Waals surface area contributed by atoms with Gasteiger partial charge in [0.1, 0.15) is 10.6 Å². The second-order valence-corrected chi connectivity index (χ2v) is 9.63. The lowest BCUT2D eigenvalue weighted by atomic mass is 9.99. The molecule has 0 aliphatic carbocycles. The van der Waals surface area contributed by atoms with Crippen LogP contribution in [0.4, 0.5) is 0 Å². The highest BCUT2D eigenvalue weighted by Gasteiger charge is 2.35. The Hall–Kier alpha value is -1.35. The number of carbonyl (C=O) groups is 1. The summed E-state index contributed by atoms with van der Waals surface area (Å²) in [6, 6.07) is 4.56. The number of nitrogens with one attached hydrogen (secondary N) is 1. The maximum Gasteiger partial charge on any atom is 0.246 e. The number of amides is 1. The molecule has 1 fully saturated rings. The number of hydrogen-bond acceptors (Lipinski definition) is 5. The summed E-state index contributed by atoms with van der Waals surface area (Å²) in [4.78, 5) is 12.5. The standard InChI is InChI=1S/C20H31ClN2O5S/c1-4-27-18-9-8-17(21)13-19(18)29(25,26)23-11-5-7-16(14-23)20(24)22-10-6-12-28-15(2)3/h8-9,13,15-16H,4-7,10-12,14H2,1-3H3,(H,22,24)/t16-/m0/s1. The molecular formula is C20H31ClN2O5S. The minimum atomic E-state index is -3.82. The van der Waals surface area contributed by atoms with Gasteiger partial charge in [-0.25, -0.2) is 8.42 Å². The first-order chi connectivity index (χ1) is 13.8. The second kappa shape index (κ2) is 11.2. The van der Waals surface area contributed by atoms with Gasteiger partial charge in [-0.1, -0.05) is 11.6 Å². The van der Waals surface area contributed by atoms with Crippen molar-refractivity contribution in [2.45, 2.75) is 51.0 Å². The predicted molar refractivity (Wildman–Crippen MR) is 113 cm³/mol. The highest BCUT2D eigenvalue weighted by Crippen LogP contribution is 2.32. The first-order valence-electron chi connectivity index (χ1n) is 10.1. The number of sulfonamides is 1. The summed E-state index contributed by atoms with van der Waals surface area (Å²) in [6.45, 7) is 7.67. The van der Waals surface area contributed by atoms with Crippen LogP contribution < -0.4 is 10.1 Å². The van der Waals surface area contributed by atoms with Crippen LogP contribution in [-0.2, 0) is 19.6 Å². The molecule has 164 valence electrons. The molecule has 0 saturated carbocycles. The summed E-state index contributed by atoms with van der Waals surface area (Å²) >= 11 is 6.03. The van der Waals surface area contributed by atoms with E-state index < -0.39 is 10.0 Å². The topological polar surface area (TPSA) is 84.9 Å². The molecule has 1 atom stereocenters. The van der Waals surface area contributed by atoms with Crippen LogP contribution in [0.15, 0.2) is 23.1 Å². The zero-order chi connectivity index (χ0) is 21.4. The highest BCUT2D eigenvalue weighted by atomic mass is 35.5. The third-order valence-corrected chi connectivity index (χ3v) is 6.77. The fourth-order valence-corrected chi connectivity index (χ4v) is 5.14. The molecule has 0 bridgehead atoms. The highest BCUT2D eigenvalue weighted by molar-refractivity contribution is 7.89. The normalized spacial score (nSPS) is 18.0. The molecule has 7 nitrogen and oxygen atoms in total. The van der Waals surface area contributed by atoms with Gasteiger partial charge in [0.2, 0.25) is 15.9 Å². The third kappa shape index (κ3) is 6.84. The van der Waals surface area contributed by atoms with Crippen LogP contribution in [0.1, 0.15) is 40.0 Å². The molecule has 1 aromatic rings. The molecule has 1 saturated heterocycles. The number of halogens is 1. The molecule has 0 spiro atoms. The maximum atomic E-state index is 13.2. The molecule has 1 heterocycles. The van der Waals surface area contributed by atoms with Gasteiger partial charge in [-0.3, -0.25) is 4.79 Å². The number of carbonyl (C=O) groups excluding carboxylic acids is 1. The number of rotatable bonds is 10. The summed E-state index contributed by atoms with van der Waals surface area (Å²) in [5.41, 5.74) is 0. The van der Waals surface area contributed by atoms with Crippen LogP contribution in [0.3, 0.4) is 0 Å². The Bertz CT molecular complexity index is 785. The minimum absolute atomic E-state index is 0.0405. The molecule has 0 unspecified atom stereocenters. The Morgan fingerprint density at radius 3 is 2.83 bits per heavy atom. The van der Waals surface area contributed by atoms with E-state index in [0.717, 1.165) is 6.42 Å². The molecule has 0 radical (unpaired) electrons. The first kappa shape index (κ1) is 23.9. The van der Waals surface area contributed by atoms with E-state index in [1.807, 2.05) is 13.8 Å². The van der Waals surface area contributed by atoms with Gasteiger partial charge in [0.15, 0.2) is 0 Å². The molecule has 0 aromatic heterocycles. The van der Waals surface area contributed by atoms with E-state index >= 15 is 0 Å². The molecule has 1 aromatic carbocycles. The van der Waals surface area contributed by atoms with Crippen molar-refractivity contribution in [1.29, 1.82) is 0 Å². The fourth-order valence-electron chi connectivity index (χ4n) is 3.22. The van der Waals surface area contributed by atoms with Crippen molar-refractivity contribution in [2.75, 3.05) is 32.8 Å². The SMILES string of the molecule is CCOc1ccc(Cl)cc1S(=O)(=O)N1CCC[C@H](C(=O)NCCCOC(C)C)C1. The summed E-state index contributed by atoms with van der Waals surface area (Å²) < 4.78 is 38.7. The lowest BCUT2D eigenvalue weighted by Crippen LogP contribution is -2.45. The zero-order valence-corrected chi connectivity index (χ0v) is 18.9. The smallest absolute Gasteiger partial charge is 0.246 e. The summed E-state index contributed by atoms with van der Waals surface area (Å²) in [5.74, 6) is -0.224. The van der Waals surface area contributed by atoms with E-state index in [-0.39, 0.29) is 35.1 Å². The van der Waals surface area contributed by atoms with E-state index in [1.165, 1.54) is 10.4 Å². The van der Waals surface area contributed by atoms with E-state index in [9.17, 15) is 13.2 Å². The fraction of sp³-hybridized carbons (Fsp3) is 0.650. The zero-order valence-electron chi connectivity index (χ0n) is 17.3. The van der Waals surface area contributed by atoms with Gasteiger partial charge >= 0.3 is 0 Å². The Morgan fingerprint density at radius 2 is 2.14 bits per heavy atom. The van der Waals surface area contributed by atoms with Crippen molar-refractivity contribution in [3.63, 3.8) is 0 Å². The van der Waals surface area contributed by atoms with Crippen LogP contribution in [0.5, 0.6) is 5.75 Å². The van der Waals surface area contributed by atoms with E-state index in [2.05, 4.69) is 5.32 Å². The Kier molecular flexibility index (Phi) is 9.20. The minimum Gasteiger partial charge on any atom is -0.492 e. The quantitative estimate of drug-likeness (QED) is 0.558. The third-order valence-electron chi connectivity index (χ3n) is 4.65. The van der Waals surface area contributed by atoms with Gasteiger partial charge in [-0.05, 0) is 58.2 Å². The molecule has 1 aliphatic rings. The van der Waals surface area contributed by atoms with Crippen LogP contribution in [0.25, 0.3) is 0 Å². The van der Waals surface area contributed by atoms with Gasteiger partial charge < -0.3 is 14.8 Å². The van der Waals surface area contributed by atoms with E-state index in [0.29, 0.717) is 44.2 Å². The van der Waals surface area contributed by atoms with E-state index in [4.69, 9.17) is 21.1 Å². The van der Waals surface area contributed by atoms with Crippen LogP contribution >= 0.6 is 11.6 Å². The Morgan fingerprint density at radius 1 is 1.38 bits per heavy atom. The predicted octanol–water partition coefficient (Wildman–Crippen LogP) is 3.07. The van der Waals surface area contributed by atoms with Gasteiger partial charge in [0.25, 0.3) is 0 Å². The molecule has 1 aliphatic heterocycles. The van der Waals surface area contributed by atoms with Crippen molar-refractivity contribution in [2.24, 2.45) is 5.92 Å². The van der Waals surface area contributed by atoms with Crippen LogP contribution in [0, 0.1) is 5.92 Å².